The van der Waals surface area contributed by atoms with Crippen LogP contribution < -0.4 is 5.32 Å². The van der Waals surface area contributed by atoms with Crippen LogP contribution in [0.2, 0.25) is 5.02 Å². The van der Waals surface area contributed by atoms with Crippen LogP contribution in [-0.2, 0) is 9.53 Å². The zero-order chi connectivity index (χ0) is 21.8. The molecule has 1 fully saturated rings. The van der Waals surface area contributed by atoms with E-state index in [4.69, 9.17) is 33.0 Å². The van der Waals surface area contributed by atoms with Gasteiger partial charge in [-0.3, -0.25) is 9.78 Å². The van der Waals surface area contributed by atoms with Crippen molar-refractivity contribution in [1.29, 1.82) is 0 Å². The number of rotatable bonds is 7. The van der Waals surface area contributed by atoms with E-state index in [0.29, 0.717) is 16.7 Å². The zero-order valence-corrected chi connectivity index (χ0v) is 19.0. The Balaban J connectivity index is 1.61. The highest BCUT2D eigenvalue weighted by molar-refractivity contribution is 7.99. The molecule has 1 aliphatic rings. The second-order valence-corrected chi connectivity index (χ2v) is 8.76. The SMILES string of the molecule is COC(=O)CCN1C(=S)N[C@@H](c2ccccn2)[C@H]1c1ccc(Sc2ccc(Cl)cc2)o1. The van der Waals surface area contributed by atoms with Gasteiger partial charge < -0.3 is 19.4 Å². The second-order valence-electron chi connectivity index (χ2n) is 6.86. The summed E-state index contributed by atoms with van der Waals surface area (Å²) in [4.78, 5) is 19.2. The molecule has 1 N–H and O–H groups in total. The highest BCUT2D eigenvalue weighted by atomic mass is 35.5. The fourth-order valence-corrected chi connectivity index (χ4v) is 4.67. The number of furan rings is 1. The van der Waals surface area contributed by atoms with E-state index in [1.54, 1.807) is 6.20 Å². The fourth-order valence-electron chi connectivity index (χ4n) is 3.44. The number of nitrogens with one attached hydrogen (secondary N) is 1. The number of carbonyl (C=O) groups excluding carboxylic acids is 1. The Morgan fingerprint density at radius 2 is 2.06 bits per heavy atom. The number of halogens is 1. The first kappa shape index (κ1) is 21.7. The van der Waals surface area contributed by atoms with Crippen molar-refractivity contribution in [3.63, 3.8) is 0 Å². The quantitative estimate of drug-likeness (QED) is 0.379. The van der Waals surface area contributed by atoms with Gasteiger partial charge in [-0.05, 0) is 60.7 Å². The van der Waals surface area contributed by atoms with Crippen molar-refractivity contribution in [2.45, 2.75) is 28.5 Å². The van der Waals surface area contributed by atoms with E-state index in [2.05, 4.69) is 10.3 Å². The van der Waals surface area contributed by atoms with Crippen LogP contribution in [0.4, 0.5) is 0 Å². The Morgan fingerprint density at radius 1 is 1.26 bits per heavy atom. The average Bonchev–Trinajstić information content (AvgIpc) is 3.38. The minimum atomic E-state index is -0.290. The van der Waals surface area contributed by atoms with Crippen molar-refractivity contribution in [3.05, 3.63) is 77.3 Å². The van der Waals surface area contributed by atoms with Gasteiger partial charge in [0.25, 0.3) is 0 Å². The number of carbonyl (C=O) groups is 1. The second kappa shape index (κ2) is 9.72. The van der Waals surface area contributed by atoms with E-state index in [1.165, 1.54) is 18.9 Å². The average molecular weight is 474 g/mol. The summed E-state index contributed by atoms with van der Waals surface area (Å²) in [5.41, 5.74) is 0.846. The van der Waals surface area contributed by atoms with E-state index in [-0.39, 0.29) is 24.5 Å². The molecule has 0 spiro atoms. The van der Waals surface area contributed by atoms with E-state index >= 15 is 0 Å². The summed E-state index contributed by atoms with van der Waals surface area (Å²) >= 11 is 13.1. The van der Waals surface area contributed by atoms with Crippen LogP contribution in [0.25, 0.3) is 0 Å². The molecule has 0 bridgehead atoms. The first-order chi connectivity index (χ1) is 15.0. The molecule has 0 saturated carbocycles. The first-order valence-electron chi connectivity index (χ1n) is 9.63. The lowest BCUT2D eigenvalue weighted by Crippen LogP contribution is -2.31. The topological polar surface area (TPSA) is 67.6 Å². The number of hydrogen-bond donors (Lipinski definition) is 1. The first-order valence-corrected chi connectivity index (χ1v) is 11.2. The molecule has 0 unspecified atom stereocenters. The molecule has 3 aromatic rings. The van der Waals surface area contributed by atoms with Crippen molar-refractivity contribution in [2.24, 2.45) is 0 Å². The highest BCUT2D eigenvalue weighted by Gasteiger charge is 2.41. The molecule has 2 atom stereocenters. The lowest BCUT2D eigenvalue weighted by Gasteiger charge is -2.25. The summed E-state index contributed by atoms with van der Waals surface area (Å²) in [7, 11) is 1.38. The summed E-state index contributed by atoms with van der Waals surface area (Å²) in [6.45, 7) is 0.410. The van der Waals surface area contributed by atoms with Crippen LogP contribution in [0.15, 0.2) is 75.2 Å². The number of esters is 1. The number of benzene rings is 1. The molecule has 1 aliphatic heterocycles. The summed E-state index contributed by atoms with van der Waals surface area (Å²) in [6, 6.07) is 16.8. The maximum Gasteiger partial charge on any atom is 0.307 e. The number of ether oxygens (including phenoxy) is 1. The molecule has 2 aromatic heterocycles. The number of aromatic nitrogens is 1. The van der Waals surface area contributed by atoms with Crippen LogP contribution in [-0.4, -0.2) is 34.6 Å². The van der Waals surface area contributed by atoms with Gasteiger partial charge in [-0.15, -0.1) is 0 Å². The largest absolute Gasteiger partial charge is 0.469 e. The number of hydrogen-bond acceptors (Lipinski definition) is 6. The normalized spacial score (nSPS) is 18.1. The lowest BCUT2D eigenvalue weighted by atomic mass is 10.0. The van der Waals surface area contributed by atoms with Crippen molar-refractivity contribution < 1.29 is 13.9 Å². The summed E-state index contributed by atoms with van der Waals surface area (Å²) in [6.07, 6.45) is 1.97. The van der Waals surface area contributed by atoms with Gasteiger partial charge in [0.15, 0.2) is 10.2 Å². The van der Waals surface area contributed by atoms with E-state index in [9.17, 15) is 4.79 Å². The number of methoxy groups -OCH3 is 1. The zero-order valence-electron chi connectivity index (χ0n) is 16.7. The van der Waals surface area contributed by atoms with E-state index in [0.717, 1.165) is 21.4 Å². The number of pyridine rings is 1. The maximum atomic E-state index is 11.7. The van der Waals surface area contributed by atoms with Gasteiger partial charge in [-0.2, -0.15) is 0 Å². The van der Waals surface area contributed by atoms with Gasteiger partial charge in [-0.1, -0.05) is 29.4 Å². The van der Waals surface area contributed by atoms with Crippen LogP contribution in [0.1, 0.15) is 30.0 Å². The van der Waals surface area contributed by atoms with Gasteiger partial charge in [0.2, 0.25) is 0 Å². The third kappa shape index (κ3) is 5.03. The van der Waals surface area contributed by atoms with Gasteiger partial charge >= 0.3 is 5.97 Å². The molecule has 1 saturated heterocycles. The summed E-state index contributed by atoms with van der Waals surface area (Å²) < 4.78 is 11.0. The van der Waals surface area contributed by atoms with Crippen molar-refractivity contribution >= 4 is 46.7 Å². The Kier molecular flexibility index (Phi) is 6.80. The maximum absolute atomic E-state index is 11.7. The molecule has 1 aromatic carbocycles. The molecule has 3 heterocycles. The van der Waals surface area contributed by atoms with Crippen LogP contribution in [0.3, 0.4) is 0 Å². The molecule has 0 aliphatic carbocycles. The predicted molar refractivity (Wildman–Crippen MR) is 123 cm³/mol. The molecule has 6 nitrogen and oxygen atoms in total. The monoisotopic (exact) mass is 473 g/mol. The predicted octanol–water partition coefficient (Wildman–Crippen LogP) is 5.01. The minimum Gasteiger partial charge on any atom is -0.469 e. The summed E-state index contributed by atoms with van der Waals surface area (Å²) in [5, 5.41) is 5.33. The van der Waals surface area contributed by atoms with Crippen molar-refractivity contribution in [2.75, 3.05) is 13.7 Å². The minimum absolute atomic E-state index is 0.203. The molecule has 4 rings (SSSR count). The molecule has 31 heavy (non-hydrogen) atoms. The summed E-state index contributed by atoms with van der Waals surface area (Å²) in [5.74, 6) is 0.450. The number of nitrogens with zero attached hydrogens (tertiary/aromatic N) is 2. The third-order valence-electron chi connectivity index (χ3n) is 4.91. The molecule has 160 valence electrons. The van der Waals surface area contributed by atoms with Gasteiger partial charge in [-0.25, -0.2) is 0 Å². The molecule has 9 heteroatoms. The van der Waals surface area contributed by atoms with Gasteiger partial charge in [0.1, 0.15) is 11.8 Å². The van der Waals surface area contributed by atoms with Gasteiger partial charge in [0.05, 0.1) is 25.3 Å². The fraction of sp³-hybridized carbons (Fsp3) is 0.227. The van der Waals surface area contributed by atoms with Crippen LogP contribution in [0.5, 0.6) is 0 Å². The smallest absolute Gasteiger partial charge is 0.307 e. The Labute approximate surface area is 194 Å². The Bertz CT molecular complexity index is 1060. The lowest BCUT2D eigenvalue weighted by molar-refractivity contribution is -0.140. The highest BCUT2D eigenvalue weighted by Crippen LogP contribution is 2.41. The third-order valence-corrected chi connectivity index (χ3v) is 6.44. The van der Waals surface area contributed by atoms with Gasteiger partial charge in [0, 0.05) is 22.7 Å². The standard InChI is InChI=1S/C22H20ClN3O3S2/c1-28-18(27)11-13-26-21(20(25-22(26)30)16-4-2-3-12-24-16)17-9-10-19(29-17)31-15-7-5-14(23)6-8-15/h2-10,12,20-21H,11,13H2,1H3,(H,25,30)/t20-,21+/m0/s1. The molecular formula is C22H20ClN3O3S2. The van der Waals surface area contributed by atoms with Crippen molar-refractivity contribution in [3.8, 4) is 0 Å². The number of thiocarbonyl (C=S) groups is 1. The Hall–Kier alpha value is -2.55. The molecule has 0 radical (unpaired) electrons. The van der Waals surface area contributed by atoms with Crippen LogP contribution in [0, 0.1) is 0 Å². The Morgan fingerprint density at radius 3 is 2.77 bits per heavy atom. The van der Waals surface area contributed by atoms with E-state index in [1.807, 2.05) is 59.5 Å². The van der Waals surface area contributed by atoms with E-state index < -0.39 is 0 Å². The van der Waals surface area contributed by atoms with Crippen LogP contribution >= 0.6 is 35.6 Å². The molecular weight excluding hydrogens is 454 g/mol. The van der Waals surface area contributed by atoms with Crippen molar-refractivity contribution in [1.82, 2.24) is 15.2 Å². The molecule has 0 amide bonds.